The van der Waals surface area contributed by atoms with E-state index in [9.17, 15) is 4.39 Å². The van der Waals surface area contributed by atoms with Crippen molar-refractivity contribution in [3.63, 3.8) is 0 Å². The second kappa shape index (κ2) is 7.02. The number of hydrogen-bond donors (Lipinski definition) is 2. The van der Waals surface area contributed by atoms with Gasteiger partial charge in [-0.2, -0.15) is 0 Å². The molecule has 2 atom stereocenters. The molecule has 2 fully saturated rings. The maximum absolute atomic E-state index is 14.5. The third-order valence-corrected chi connectivity index (χ3v) is 6.11. The van der Waals surface area contributed by atoms with Gasteiger partial charge in [-0.1, -0.05) is 0 Å². The zero-order chi connectivity index (χ0) is 18.3. The van der Waals surface area contributed by atoms with Crippen molar-refractivity contribution in [3.8, 4) is 0 Å². The van der Waals surface area contributed by atoms with Crippen molar-refractivity contribution in [1.82, 2.24) is 9.29 Å². The van der Waals surface area contributed by atoms with Crippen LogP contribution in [0.4, 0.5) is 4.39 Å². The summed E-state index contributed by atoms with van der Waals surface area (Å²) >= 11 is 1.63. The second-order valence-corrected chi connectivity index (χ2v) is 7.74. The molecule has 138 valence electrons. The number of nitrogens with one attached hydrogen (secondary N) is 1. The quantitative estimate of drug-likeness (QED) is 0.489. The van der Waals surface area contributed by atoms with Gasteiger partial charge in [-0.25, -0.2) is 13.7 Å². The van der Waals surface area contributed by atoms with Crippen molar-refractivity contribution in [2.75, 3.05) is 20.2 Å². The molecule has 3 heterocycles. The molecule has 2 aliphatic rings. The molecule has 0 saturated carbocycles. The van der Waals surface area contributed by atoms with Crippen molar-refractivity contribution in [2.24, 2.45) is 15.7 Å². The fourth-order valence-electron chi connectivity index (χ4n) is 3.84. The number of nitrogens with zero attached hydrogens (tertiary/aromatic N) is 3. The van der Waals surface area contributed by atoms with Crippen LogP contribution in [0.3, 0.4) is 0 Å². The minimum atomic E-state index is -0.284. The minimum Gasteiger partial charge on any atom is -0.383 e. The lowest BCUT2D eigenvalue weighted by Gasteiger charge is -2.19. The number of nitrogens with two attached hydrogens (primary N) is 1. The summed E-state index contributed by atoms with van der Waals surface area (Å²) in [5, 5.41) is 1.64. The zero-order valence-electron chi connectivity index (χ0n) is 14.8. The summed E-state index contributed by atoms with van der Waals surface area (Å²) in [5.74, 6) is 0.0487. The highest BCUT2D eigenvalue weighted by molar-refractivity contribution is 7.97. The molecular formula is C18H22FN5OS. The van der Waals surface area contributed by atoms with Crippen molar-refractivity contribution >= 4 is 35.0 Å². The van der Waals surface area contributed by atoms with Gasteiger partial charge in [-0.3, -0.25) is 4.99 Å². The Morgan fingerprint density at radius 2 is 2.31 bits per heavy atom. The first kappa shape index (κ1) is 17.5. The largest absolute Gasteiger partial charge is 0.383 e. The third-order valence-electron chi connectivity index (χ3n) is 5.00. The lowest BCUT2D eigenvalue weighted by atomic mass is 10.0. The van der Waals surface area contributed by atoms with E-state index in [0.717, 1.165) is 47.5 Å². The van der Waals surface area contributed by atoms with Crippen LogP contribution >= 0.6 is 11.9 Å². The highest BCUT2D eigenvalue weighted by Gasteiger charge is 2.39. The molecule has 0 aliphatic carbocycles. The predicted molar refractivity (Wildman–Crippen MR) is 103 cm³/mol. The van der Waals surface area contributed by atoms with Gasteiger partial charge in [-0.05, 0) is 49.4 Å². The van der Waals surface area contributed by atoms with Gasteiger partial charge in [0.25, 0.3) is 0 Å². The van der Waals surface area contributed by atoms with Crippen LogP contribution in [0.5, 0.6) is 0 Å². The first-order valence-electron chi connectivity index (χ1n) is 8.70. The number of aryl methyl sites for hydroxylation is 1. The van der Waals surface area contributed by atoms with Crippen LogP contribution in [0, 0.1) is 12.7 Å². The van der Waals surface area contributed by atoms with Gasteiger partial charge in [0.1, 0.15) is 18.0 Å². The number of aliphatic imine (C=N–C) groups is 2. The monoisotopic (exact) mass is 375 g/mol. The molecule has 2 aromatic rings. The highest BCUT2D eigenvalue weighted by Crippen LogP contribution is 2.38. The van der Waals surface area contributed by atoms with E-state index >= 15 is 0 Å². The van der Waals surface area contributed by atoms with Gasteiger partial charge in [0.05, 0.1) is 16.6 Å². The van der Waals surface area contributed by atoms with Crippen molar-refractivity contribution in [3.05, 3.63) is 29.1 Å². The Hall–Kier alpha value is -1.90. The highest BCUT2D eigenvalue weighted by atomic mass is 32.2. The summed E-state index contributed by atoms with van der Waals surface area (Å²) in [6.45, 7) is 3.63. The van der Waals surface area contributed by atoms with Crippen molar-refractivity contribution in [2.45, 2.75) is 36.9 Å². The first-order chi connectivity index (χ1) is 12.6. The Morgan fingerprint density at radius 3 is 3.12 bits per heavy atom. The Bertz CT molecular complexity index is 893. The average Bonchev–Trinajstić information content (AvgIpc) is 3.30. The van der Waals surface area contributed by atoms with Crippen molar-refractivity contribution < 1.29 is 9.13 Å². The van der Waals surface area contributed by atoms with Crippen LogP contribution in [0.2, 0.25) is 0 Å². The zero-order valence-corrected chi connectivity index (χ0v) is 15.6. The molecule has 1 aromatic carbocycles. The number of benzene rings is 1. The number of fused-ring (bicyclic) bond motifs is 2. The molecule has 2 unspecified atom stereocenters. The number of ether oxygens (including phenoxy) is 1. The van der Waals surface area contributed by atoms with Crippen LogP contribution < -0.4 is 5.73 Å². The Balaban J connectivity index is 1.71. The number of halogens is 1. The van der Waals surface area contributed by atoms with Gasteiger partial charge in [-0.15, -0.1) is 0 Å². The number of rotatable bonds is 4. The number of aromatic nitrogens is 1. The first-order valence-corrected chi connectivity index (χ1v) is 9.48. The number of H-pyrrole nitrogens is 1. The fraction of sp³-hybridized carbons (Fsp3) is 0.444. The van der Waals surface area contributed by atoms with Gasteiger partial charge < -0.3 is 15.5 Å². The van der Waals surface area contributed by atoms with E-state index in [0.29, 0.717) is 23.5 Å². The van der Waals surface area contributed by atoms with E-state index in [4.69, 9.17) is 10.5 Å². The smallest absolute Gasteiger partial charge is 0.147 e. The number of aromatic amines is 1. The third kappa shape index (κ3) is 3.02. The molecule has 1 aromatic heterocycles. The van der Waals surface area contributed by atoms with Crippen LogP contribution in [-0.2, 0) is 4.74 Å². The topological polar surface area (TPSA) is 79.0 Å². The predicted octanol–water partition coefficient (Wildman–Crippen LogP) is 2.85. The molecule has 0 radical (unpaired) electrons. The van der Waals surface area contributed by atoms with E-state index < -0.39 is 0 Å². The van der Waals surface area contributed by atoms with Crippen LogP contribution in [0.15, 0.2) is 27.1 Å². The molecule has 0 bridgehead atoms. The summed E-state index contributed by atoms with van der Waals surface area (Å²) in [6.07, 6.45) is 3.83. The van der Waals surface area contributed by atoms with Gasteiger partial charge in [0.15, 0.2) is 0 Å². The molecule has 26 heavy (non-hydrogen) atoms. The molecule has 0 amide bonds. The van der Waals surface area contributed by atoms with E-state index in [1.54, 1.807) is 19.0 Å². The Labute approximate surface area is 155 Å². The molecule has 4 rings (SSSR count). The van der Waals surface area contributed by atoms with Gasteiger partial charge in [0.2, 0.25) is 0 Å². The maximum Gasteiger partial charge on any atom is 0.147 e. The lowest BCUT2D eigenvalue weighted by Crippen LogP contribution is -2.26. The SMILES string of the molecule is CN=CN=C(N)c1c(C)cc(F)c2[nH]c(SN3CCC4OCCC43)cc12. The Kier molecular flexibility index (Phi) is 4.73. The van der Waals surface area contributed by atoms with E-state index in [1.807, 2.05) is 13.0 Å². The van der Waals surface area contributed by atoms with E-state index in [1.165, 1.54) is 12.4 Å². The van der Waals surface area contributed by atoms with Gasteiger partial charge in [0, 0.05) is 37.2 Å². The molecule has 6 nitrogen and oxygen atoms in total. The van der Waals surface area contributed by atoms with E-state index in [-0.39, 0.29) is 5.82 Å². The maximum atomic E-state index is 14.5. The lowest BCUT2D eigenvalue weighted by molar-refractivity contribution is 0.110. The molecule has 0 spiro atoms. The fourth-order valence-corrected chi connectivity index (χ4v) is 4.98. The van der Waals surface area contributed by atoms with Crippen LogP contribution in [0.25, 0.3) is 10.9 Å². The van der Waals surface area contributed by atoms with Crippen LogP contribution in [-0.4, -0.2) is 53.8 Å². The summed E-state index contributed by atoms with van der Waals surface area (Å²) in [5.41, 5.74) is 8.08. The summed E-state index contributed by atoms with van der Waals surface area (Å²) in [7, 11) is 1.63. The normalized spacial score (nSPS) is 24.2. The molecular weight excluding hydrogens is 353 g/mol. The second-order valence-electron chi connectivity index (χ2n) is 6.65. The molecule has 2 aliphatic heterocycles. The molecule has 8 heteroatoms. The van der Waals surface area contributed by atoms with Crippen molar-refractivity contribution in [1.29, 1.82) is 0 Å². The Morgan fingerprint density at radius 1 is 1.46 bits per heavy atom. The van der Waals surface area contributed by atoms with E-state index in [2.05, 4.69) is 19.3 Å². The van der Waals surface area contributed by atoms with Crippen LogP contribution in [0.1, 0.15) is 24.0 Å². The van der Waals surface area contributed by atoms with Gasteiger partial charge >= 0.3 is 0 Å². The molecule has 3 N–H and O–H groups in total. The summed E-state index contributed by atoms with van der Waals surface area (Å²) in [6, 6.07) is 3.88. The average molecular weight is 375 g/mol. The summed E-state index contributed by atoms with van der Waals surface area (Å²) in [4.78, 5) is 11.2. The minimum absolute atomic E-state index is 0.284. The number of amidine groups is 1. The molecule has 2 saturated heterocycles. The number of hydrogen-bond acceptors (Lipinski definition) is 4. The summed E-state index contributed by atoms with van der Waals surface area (Å²) < 4.78 is 22.6. The standard InChI is InChI=1S/C18H22FN5OS/c1-10-7-12(19)17-11(16(10)18(20)22-9-21-2)8-15(23-17)26-24-5-3-14-13(24)4-6-25-14/h7-9,13-14,23H,3-6H2,1-2H3,(H2,20,21,22).